The van der Waals surface area contributed by atoms with E-state index in [0.717, 1.165) is 25.7 Å². The van der Waals surface area contributed by atoms with E-state index in [9.17, 15) is 4.79 Å². The first-order valence-corrected chi connectivity index (χ1v) is 11.9. The van der Waals surface area contributed by atoms with Crippen molar-refractivity contribution in [2.75, 3.05) is 0 Å². The predicted octanol–water partition coefficient (Wildman–Crippen LogP) is 8.78. The molecule has 0 radical (unpaired) electrons. The first-order valence-electron chi connectivity index (χ1n) is 11.9. The normalized spacial score (nSPS) is 12.0. The lowest BCUT2D eigenvalue weighted by Crippen LogP contribution is -1.93. The lowest BCUT2D eigenvalue weighted by molar-refractivity contribution is -0.137. The molecular weight excluding hydrogens is 344 g/mol. The topological polar surface area (TPSA) is 37.3 Å². The van der Waals surface area contributed by atoms with E-state index in [1.54, 1.807) is 0 Å². The van der Waals surface area contributed by atoms with Crippen LogP contribution in [0.1, 0.15) is 122 Å². The Morgan fingerprint density at radius 3 is 1.43 bits per heavy atom. The first-order chi connectivity index (χ1) is 13.8. The van der Waals surface area contributed by atoms with Gasteiger partial charge in [0.05, 0.1) is 0 Å². The maximum Gasteiger partial charge on any atom is 0.303 e. The Kier molecular flexibility index (Phi) is 22.6. The van der Waals surface area contributed by atoms with Crippen LogP contribution in [-0.4, -0.2) is 11.1 Å². The van der Waals surface area contributed by atoms with Crippen molar-refractivity contribution in [2.24, 2.45) is 0 Å². The second kappa shape index (κ2) is 23.7. The molecule has 0 saturated carbocycles. The van der Waals surface area contributed by atoms with Gasteiger partial charge in [-0.05, 0) is 39.0 Å². The lowest BCUT2D eigenvalue weighted by Gasteiger charge is -2.03. The van der Waals surface area contributed by atoms with Gasteiger partial charge in [0.2, 0.25) is 0 Å². The standard InChI is InChI=1S/C26H46O2/c1-2-3-4-5-6-7-8-9-10-11-12-13-14-15-16-17-18-19-20-21-22-23-24-25-26(27)28/h2-3,5-6,8-9H,4,7,10-25H2,1H3,(H,27,28). The van der Waals surface area contributed by atoms with Gasteiger partial charge in [-0.15, -0.1) is 0 Å². The molecule has 28 heavy (non-hydrogen) atoms. The van der Waals surface area contributed by atoms with Crippen molar-refractivity contribution in [1.82, 2.24) is 0 Å². The number of aliphatic carboxylic acids is 1. The van der Waals surface area contributed by atoms with Crippen molar-refractivity contribution in [3.63, 3.8) is 0 Å². The number of hydrogen-bond donors (Lipinski definition) is 1. The van der Waals surface area contributed by atoms with E-state index in [4.69, 9.17) is 5.11 Å². The molecule has 0 bridgehead atoms. The highest BCUT2D eigenvalue weighted by Gasteiger charge is 1.97. The fraction of sp³-hybridized carbons (Fsp3) is 0.731. The number of rotatable bonds is 21. The van der Waals surface area contributed by atoms with Crippen molar-refractivity contribution in [3.05, 3.63) is 36.5 Å². The summed E-state index contributed by atoms with van der Waals surface area (Å²) in [5, 5.41) is 8.58. The lowest BCUT2D eigenvalue weighted by atomic mass is 10.0. The zero-order chi connectivity index (χ0) is 20.5. The predicted molar refractivity (Wildman–Crippen MR) is 124 cm³/mol. The van der Waals surface area contributed by atoms with Gasteiger partial charge < -0.3 is 5.11 Å². The Hall–Kier alpha value is -1.31. The quantitative estimate of drug-likeness (QED) is 0.157. The van der Waals surface area contributed by atoms with Crippen molar-refractivity contribution in [3.8, 4) is 0 Å². The number of carboxylic acids is 1. The van der Waals surface area contributed by atoms with Crippen molar-refractivity contribution in [1.29, 1.82) is 0 Å². The largest absolute Gasteiger partial charge is 0.481 e. The Morgan fingerprint density at radius 2 is 0.964 bits per heavy atom. The van der Waals surface area contributed by atoms with Crippen LogP contribution in [0.25, 0.3) is 0 Å². The Morgan fingerprint density at radius 1 is 0.571 bits per heavy atom. The summed E-state index contributed by atoms with van der Waals surface area (Å²) in [7, 11) is 0. The molecule has 0 spiro atoms. The molecule has 0 aromatic rings. The van der Waals surface area contributed by atoms with Crippen molar-refractivity contribution >= 4 is 5.97 Å². The van der Waals surface area contributed by atoms with Crippen LogP contribution in [0.15, 0.2) is 36.5 Å². The molecule has 0 aromatic carbocycles. The van der Waals surface area contributed by atoms with Gasteiger partial charge in [-0.3, -0.25) is 4.79 Å². The zero-order valence-electron chi connectivity index (χ0n) is 18.5. The fourth-order valence-corrected chi connectivity index (χ4v) is 3.36. The van der Waals surface area contributed by atoms with Gasteiger partial charge in [-0.1, -0.05) is 114 Å². The number of carbonyl (C=O) groups is 1. The second-order valence-corrected chi connectivity index (χ2v) is 7.87. The van der Waals surface area contributed by atoms with Crippen LogP contribution in [0, 0.1) is 0 Å². The van der Waals surface area contributed by atoms with Gasteiger partial charge in [0.25, 0.3) is 0 Å². The molecule has 0 saturated heterocycles. The van der Waals surface area contributed by atoms with Crippen molar-refractivity contribution in [2.45, 2.75) is 122 Å². The third-order valence-electron chi connectivity index (χ3n) is 5.12. The smallest absolute Gasteiger partial charge is 0.303 e. The fourth-order valence-electron chi connectivity index (χ4n) is 3.36. The Bertz CT molecular complexity index is 407. The van der Waals surface area contributed by atoms with E-state index in [1.807, 2.05) is 0 Å². The second-order valence-electron chi connectivity index (χ2n) is 7.87. The summed E-state index contributed by atoms with van der Waals surface area (Å²) in [5.41, 5.74) is 0. The summed E-state index contributed by atoms with van der Waals surface area (Å²) >= 11 is 0. The summed E-state index contributed by atoms with van der Waals surface area (Å²) < 4.78 is 0. The van der Waals surface area contributed by atoms with Gasteiger partial charge in [-0.2, -0.15) is 0 Å². The molecular formula is C26H46O2. The minimum absolute atomic E-state index is 0.339. The first kappa shape index (κ1) is 26.7. The summed E-state index contributed by atoms with van der Waals surface area (Å²) in [6, 6.07) is 0. The molecule has 0 heterocycles. The molecule has 0 amide bonds. The van der Waals surface area contributed by atoms with E-state index >= 15 is 0 Å². The third kappa shape index (κ3) is 24.7. The average molecular weight is 391 g/mol. The van der Waals surface area contributed by atoms with Crippen LogP contribution in [0.4, 0.5) is 0 Å². The van der Waals surface area contributed by atoms with Gasteiger partial charge in [0, 0.05) is 6.42 Å². The van der Waals surface area contributed by atoms with Gasteiger partial charge in [-0.25, -0.2) is 0 Å². The van der Waals surface area contributed by atoms with E-state index in [-0.39, 0.29) is 0 Å². The summed E-state index contributed by atoms with van der Waals surface area (Å²) in [5.74, 6) is -0.656. The molecule has 0 rings (SSSR count). The van der Waals surface area contributed by atoms with Gasteiger partial charge >= 0.3 is 5.97 Å². The minimum atomic E-state index is -0.656. The molecule has 0 aliphatic rings. The number of hydrogen-bond acceptors (Lipinski definition) is 1. The summed E-state index contributed by atoms with van der Waals surface area (Å²) in [6.07, 6.45) is 35.3. The molecule has 2 heteroatoms. The molecule has 0 aromatic heterocycles. The van der Waals surface area contributed by atoms with Crippen LogP contribution < -0.4 is 0 Å². The molecule has 0 fully saturated rings. The number of carboxylic acid groups (broad SMARTS) is 1. The molecule has 0 aliphatic heterocycles. The van der Waals surface area contributed by atoms with Crippen LogP contribution in [0.2, 0.25) is 0 Å². The van der Waals surface area contributed by atoms with E-state index in [1.165, 1.54) is 83.5 Å². The molecule has 0 unspecified atom stereocenters. The van der Waals surface area contributed by atoms with Gasteiger partial charge in [0.1, 0.15) is 0 Å². The van der Waals surface area contributed by atoms with E-state index in [2.05, 4.69) is 43.4 Å². The molecule has 2 nitrogen and oxygen atoms in total. The average Bonchev–Trinajstić information content (AvgIpc) is 2.68. The Labute approximate surface area is 175 Å². The monoisotopic (exact) mass is 390 g/mol. The molecule has 0 aliphatic carbocycles. The van der Waals surface area contributed by atoms with Crippen LogP contribution in [0.3, 0.4) is 0 Å². The van der Waals surface area contributed by atoms with Crippen molar-refractivity contribution < 1.29 is 9.90 Å². The van der Waals surface area contributed by atoms with Crippen LogP contribution >= 0.6 is 0 Å². The van der Waals surface area contributed by atoms with Crippen LogP contribution in [-0.2, 0) is 4.79 Å². The Balaban J connectivity index is 3.12. The number of unbranched alkanes of at least 4 members (excludes halogenated alkanes) is 14. The highest BCUT2D eigenvalue weighted by Crippen LogP contribution is 2.13. The van der Waals surface area contributed by atoms with E-state index < -0.39 is 5.97 Å². The zero-order valence-corrected chi connectivity index (χ0v) is 18.5. The summed E-state index contributed by atoms with van der Waals surface area (Å²) in [6.45, 7) is 2.06. The highest BCUT2D eigenvalue weighted by molar-refractivity contribution is 5.66. The maximum atomic E-state index is 10.4. The highest BCUT2D eigenvalue weighted by atomic mass is 16.4. The molecule has 0 atom stereocenters. The van der Waals surface area contributed by atoms with Crippen LogP contribution in [0.5, 0.6) is 0 Å². The maximum absolute atomic E-state index is 10.4. The molecule has 162 valence electrons. The summed E-state index contributed by atoms with van der Waals surface area (Å²) in [4.78, 5) is 10.4. The number of allylic oxidation sites excluding steroid dienone is 6. The van der Waals surface area contributed by atoms with Gasteiger partial charge in [0.15, 0.2) is 0 Å². The third-order valence-corrected chi connectivity index (χ3v) is 5.12. The van der Waals surface area contributed by atoms with E-state index in [0.29, 0.717) is 6.42 Å². The minimum Gasteiger partial charge on any atom is -0.481 e. The molecule has 1 N–H and O–H groups in total. The SMILES string of the molecule is CC=CCC=CCC=CCCCCCCCCCCCCCCCCC(=O)O.